The SMILES string of the molecule is Cc1cc[n+](C)c(-c2cc3c(cc2C)oc2ncccc23)c1. The molecule has 0 N–H and O–H groups in total. The van der Waals surface area contributed by atoms with E-state index in [1.165, 1.54) is 22.4 Å². The molecule has 0 saturated carbocycles. The lowest BCUT2D eigenvalue weighted by Crippen LogP contribution is -2.30. The van der Waals surface area contributed by atoms with Crippen molar-refractivity contribution in [2.45, 2.75) is 13.8 Å². The Bertz CT molecular complexity index is 1010. The van der Waals surface area contributed by atoms with Gasteiger partial charge in [0.1, 0.15) is 12.6 Å². The van der Waals surface area contributed by atoms with Crippen LogP contribution in [0.15, 0.2) is 53.2 Å². The van der Waals surface area contributed by atoms with Gasteiger partial charge in [0.25, 0.3) is 0 Å². The zero-order valence-corrected chi connectivity index (χ0v) is 12.9. The number of aromatic nitrogens is 2. The third kappa shape index (κ3) is 1.90. The van der Waals surface area contributed by atoms with Crippen LogP contribution in [0.2, 0.25) is 0 Å². The van der Waals surface area contributed by atoms with Gasteiger partial charge < -0.3 is 4.42 Å². The average molecular weight is 289 g/mol. The number of pyridine rings is 2. The molecule has 4 rings (SSSR count). The first-order valence-corrected chi connectivity index (χ1v) is 7.38. The highest BCUT2D eigenvalue weighted by Crippen LogP contribution is 2.32. The Morgan fingerprint density at radius 2 is 1.91 bits per heavy atom. The molecule has 0 radical (unpaired) electrons. The molecule has 0 amide bonds. The molecule has 3 aromatic heterocycles. The predicted molar refractivity (Wildman–Crippen MR) is 87.6 cm³/mol. The number of furan rings is 1. The van der Waals surface area contributed by atoms with Crippen LogP contribution >= 0.6 is 0 Å². The quantitative estimate of drug-likeness (QED) is 0.494. The van der Waals surface area contributed by atoms with E-state index in [1.54, 1.807) is 6.20 Å². The second-order valence-electron chi connectivity index (χ2n) is 5.82. The first-order chi connectivity index (χ1) is 10.6. The minimum Gasteiger partial charge on any atom is -0.438 e. The smallest absolute Gasteiger partial charge is 0.227 e. The molecule has 0 aliphatic rings. The van der Waals surface area contributed by atoms with Crippen molar-refractivity contribution in [2.24, 2.45) is 7.05 Å². The van der Waals surface area contributed by atoms with Crippen LogP contribution in [0.25, 0.3) is 33.3 Å². The summed E-state index contributed by atoms with van der Waals surface area (Å²) in [5, 5.41) is 2.18. The van der Waals surface area contributed by atoms with E-state index in [4.69, 9.17) is 4.42 Å². The summed E-state index contributed by atoms with van der Waals surface area (Å²) in [7, 11) is 2.08. The minimum absolute atomic E-state index is 0.697. The molecule has 3 heterocycles. The maximum Gasteiger partial charge on any atom is 0.227 e. The summed E-state index contributed by atoms with van der Waals surface area (Å²) in [6.45, 7) is 4.24. The zero-order chi connectivity index (χ0) is 15.3. The van der Waals surface area contributed by atoms with Crippen molar-refractivity contribution in [1.29, 1.82) is 0 Å². The summed E-state index contributed by atoms with van der Waals surface area (Å²) >= 11 is 0. The molecule has 0 atom stereocenters. The van der Waals surface area contributed by atoms with Crippen LogP contribution in [-0.4, -0.2) is 4.98 Å². The molecule has 3 heteroatoms. The number of hydrogen-bond acceptors (Lipinski definition) is 2. The predicted octanol–water partition coefficient (Wildman–Crippen LogP) is 4.09. The van der Waals surface area contributed by atoms with Gasteiger partial charge in [0.2, 0.25) is 11.4 Å². The van der Waals surface area contributed by atoms with E-state index in [2.05, 4.69) is 67.0 Å². The molecule has 4 aromatic rings. The van der Waals surface area contributed by atoms with E-state index in [1.807, 2.05) is 6.07 Å². The van der Waals surface area contributed by atoms with Crippen LogP contribution in [0.3, 0.4) is 0 Å². The summed E-state index contributed by atoms with van der Waals surface area (Å²) in [5.74, 6) is 0. The fourth-order valence-electron chi connectivity index (χ4n) is 2.98. The molecule has 3 nitrogen and oxygen atoms in total. The highest BCUT2D eigenvalue weighted by Gasteiger charge is 2.16. The average Bonchev–Trinajstić information content (AvgIpc) is 2.86. The molecule has 108 valence electrons. The van der Waals surface area contributed by atoms with Gasteiger partial charge in [0.15, 0.2) is 6.20 Å². The maximum atomic E-state index is 5.86. The van der Waals surface area contributed by atoms with Crippen LogP contribution in [-0.2, 0) is 7.05 Å². The van der Waals surface area contributed by atoms with Gasteiger partial charge in [0.05, 0.1) is 0 Å². The molecule has 0 unspecified atom stereocenters. The standard InChI is InChI=1S/C19H17N2O/c1-12-6-8-21(3)17(9-12)15-11-16-14-5-4-7-20-19(14)22-18(16)10-13(15)2/h4-11H,1-3H3/q+1. The topological polar surface area (TPSA) is 29.9 Å². The Morgan fingerprint density at radius 3 is 2.77 bits per heavy atom. The van der Waals surface area contributed by atoms with Crippen molar-refractivity contribution in [3.05, 3.63) is 59.9 Å². The molecule has 0 saturated heterocycles. The van der Waals surface area contributed by atoms with Gasteiger partial charge >= 0.3 is 0 Å². The zero-order valence-electron chi connectivity index (χ0n) is 12.9. The highest BCUT2D eigenvalue weighted by molar-refractivity contribution is 6.05. The van der Waals surface area contributed by atoms with Crippen LogP contribution in [0.4, 0.5) is 0 Å². The molecule has 22 heavy (non-hydrogen) atoms. The largest absolute Gasteiger partial charge is 0.438 e. The summed E-state index contributed by atoms with van der Waals surface area (Å²) in [6.07, 6.45) is 3.86. The van der Waals surface area contributed by atoms with Crippen LogP contribution < -0.4 is 4.57 Å². The third-order valence-corrected chi connectivity index (χ3v) is 4.18. The molecule has 1 aromatic carbocycles. The molecule has 0 spiro atoms. The molecular weight excluding hydrogens is 272 g/mol. The van der Waals surface area contributed by atoms with Crippen molar-refractivity contribution in [3.63, 3.8) is 0 Å². The van der Waals surface area contributed by atoms with Crippen molar-refractivity contribution in [3.8, 4) is 11.3 Å². The van der Waals surface area contributed by atoms with Gasteiger partial charge in [-0.25, -0.2) is 9.55 Å². The summed E-state index contributed by atoms with van der Waals surface area (Å²) < 4.78 is 8.01. The van der Waals surface area contributed by atoms with Crippen molar-refractivity contribution >= 4 is 22.1 Å². The highest BCUT2D eigenvalue weighted by atomic mass is 16.3. The molecule has 0 fully saturated rings. The van der Waals surface area contributed by atoms with E-state index in [9.17, 15) is 0 Å². The van der Waals surface area contributed by atoms with Crippen molar-refractivity contribution in [1.82, 2.24) is 4.98 Å². The van der Waals surface area contributed by atoms with Gasteiger partial charge in [-0.1, -0.05) is 0 Å². The Morgan fingerprint density at radius 1 is 1.05 bits per heavy atom. The first-order valence-electron chi connectivity index (χ1n) is 7.38. The summed E-state index contributed by atoms with van der Waals surface area (Å²) in [6, 6.07) is 12.7. The van der Waals surface area contributed by atoms with E-state index >= 15 is 0 Å². The normalized spacial score (nSPS) is 11.4. The second-order valence-corrected chi connectivity index (χ2v) is 5.82. The lowest BCUT2D eigenvalue weighted by Gasteiger charge is -2.05. The number of benzene rings is 1. The number of nitrogens with zero attached hydrogens (tertiary/aromatic N) is 2. The lowest BCUT2D eigenvalue weighted by atomic mass is 10.0. The van der Waals surface area contributed by atoms with E-state index in [0.29, 0.717) is 5.71 Å². The first kappa shape index (κ1) is 13.0. The second kappa shape index (κ2) is 4.67. The van der Waals surface area contributed by atoms with E-state index in [-0.39, 0.29) is 0 Å². The van der Waals surface area contributed by atoms with Crippen molar-refractivity contribution < 1.29 is 8.98 Å². The van der Waals surface area contributed by atoms with Gasteiger partial charge in [0, 0.05) is 34.7 Å². The van der Waals surface area contributed by atoms with Crippen LogP contribution in [0.1, 0.15) is 11.1 Å². The van der Waals surface area contributed by atoms with Gasteiger partial charge in [-0.15, -0.1) is 0 Å². The summed E-state index contributed by atoms with van der Waals surface area (Å²) in [5.41, 5.74) is 6.48. The number of hydrogen-bond donors (Lipinski definition) is 0. The Balaban J connectivity index is 2.07. The van der Waals surface area contributed by atoms with Crippen molar-refractivity contribution in [2.75, 3.05) is 0 Å². The van der Waals surface area contributed by atoms with Gasteiger partial charge in [-0.2, -0.15) is 0 Å². The fraction of sp³-hybridized carbons (Fsp3) is 0.158. The minimum atomic E-state index is 0.697. The molecular formula is C19H17N2O+. The summed E-state index contributed by atoms with van der Waals surface area (Å²) in [4.78, 5) is 4.31. The maximum absolute atomic E-state index is 5.86. The van der Waals surface area contributed by atoms with Crippen LogP contribution in [0.5, 0.6) is 0 Å². The molecule has 0 aliphatic carbocycles. The fourth-order valence-corrected chi connectivity index (χ4v) is 2.98. The van der Waals surface area contributed by atoms with Crippen LogP contribution in [0, 0.1) is 13.8 Å². The third-order valence-electron chi connectivity index (χ3n) is 4.18. The number of aryl methyl sites for hydroxylation is 3. The van der Waals surface area contributed by atoms with E-state index in [0.717, 1.165) is 16.4 Å². The number of rotatable bonds is 1. The number of fused-ring (bicyclic) bond motifs is 3. The monoisotopic (exact) mass is 289 g/mol. The van der Waals surface area contributed by atoms with E-state index < -0.39 is 0 Å². The Hall–Kier alpha value is -2.68. The van der Waals surface area contributed by atoms with Gasteiger partial charge in [-0.05, 0) is 49.2 Å². The molecule has 0 bridgehead atoms. The van der Waals surface area contributed by atoms with Gasteiger partial charge in [-0.3, -0.25) is 0 Å². The Labute approximate surface area is 128 Å². The lowest BCUT2D eigenvalue weighted by molar-refractivity contribution is -0.660. The molecule has 0 aliphatic heterocycles. The Kier molecular flexibility index (Phi) is 2.76.